The molecule has 0 spiro atoms. The fourth-order valence-corrected chi connectivity index (χ4v) is 9.96. The van der Waals surface area contributed by atoms with E-state index in [0.717, 1.165) is 5.56 Å². The van der Waals surface area contributed by atoms with Crippen LogP contribution in [0.2, 0.25) is 0 Å². The molecule has 267 valence electrons. The summed E-state index contributed by atoms with van der Waals surface area (Å²) in [4.78, 5) is 3.26. The van der Waals surface area contributed by atoms with Gasteiger partial charge in [-0.3, -0.25) is 0 Å². The number of hydrogen-bond acceptors (Lipinski definition) is 0. The van der Waals surface area contributed by atoms with E-state index in [2.05, 4.69) is 187 Å². The van der Waals surface area contributed by atoms with E-state index in [9.17, 15) is 0 Å². The summed E-state index contributed by atoms with van der Waals surface area (Å²) < 4.78 is 0. The van der Waals surface area contributed by atoms with Gasteiger partial charge in [-0.15, -0.1) is 0 Å². The summed E-state index contributed by atoms with van der Waals surface area (Å²) in [5.41, 5.74) is 1.09. The molecule has 0 saturated heterocycles. The van der Waals surface area contributed by atoms with Gasteiger partial charge in [0.25, 0.3) is 0 Å². The van der Waals surface area contributed by atoms with Crippen LogP contribution in [0.3, 0.4) is 0 Å². The average molecular weight is 888 g/mol. The van der Waals surface area contributed by atoms with Crippen LogP contribution >= 0.6 is 15.8 Å². The molecule has 0 unspecified atom stereocenters. The average Bonchev–Trinajstić information content (AvgIpc) is 3.83. The van der Waals surface area contributed by atoms with Gasteiger partial charge >= 0.3 is 19.5 Å². The van der Waals surface area contributed by atoms with Gasteiger partial charge in [0.05, 0.1) is 0 Å². The van der Waals surface area contributed by atoms with Crippen LogP contribution in [0.1, 0.15) is 5.56 Å². The van der Waals surface area contributed by atoms with Gasteiger partial charge in [-0.25, -0.2) is 6.57 Å². The Morgan fingerprint density at radius 2 is 0.500 bits per heavy atom. The first-order chi connectivity index (χ1) is 25.8. The normalized spacial score (nSPS) is 11.1. The van der Waals surface area contributed by atoms with Crippen LogP contribution in [-0.4, -0.2) is 0 Å². The van der Waals surface area contributed by atoms with Gasteiger partial charge in [0.2, 0.25) is 6.54 Å². The van der Waals surface area contributed by atoms with Crippen molar-refractivity contribution in [1.29, 1.82) is 0 Å². The van der Waals surface area contributed by atoms with Gasteiger partial charge in [0.1, 0.15) is 0 Å². The molecule has 0 heterocycles. The third kappa shape index (κ3) is 15.0. The number of benzene rings is 7. The van der Waals surface area contributed by atoms with Gasteiger partial charge in [0.15, 0.2) is 0 Å². The van der Waals surface area contributed by atoms with E-state index >= 15 is 0 Å². The number of nitrogens with zero attached hydrogens (tertiary/aromatic N) is 1. The Morgan fingerprint density at radius 1 is 0.315 bits per heavy atom. The van der Waals surface area contributed by atoms with Crippen LogP contribution in [0, 0.1) is 38.7 Å². The predicted octanol–water partition coefficient (Wildman–Crippen LogP) is 7.02. The minimum Gasteiger partial charge on any atom is -1.00 e. The van der Waals surface area contributed by atoms with Crippen molar-refractivity contribution in [2.24, 2.45) is 0 Å². The molecule has 1 aliphatic carbocycles. The van der Waals surface area contributed by atoms with Crippen molar-refractivity contribution in [3.63, 3.8) is 0 Å². The van der Waals surface area contributed by atoms with Crippen molar-refractivity contribution in [2.45, 2.75) is 6.54 Å². The molecule has 0 aliphatic heterocycles. The van der Waals surface area contributed by atoms with Gasteiger partial charge < -0.3 is 21.8 Å². The summed E-state index contributed by atoms with van der Waals surface area (Å²) in [6, 6.07) is 74.4. The first kappa shape index (κ1) is 44.4. The van der Waals surface area contributed by atoms with E-state index in [1.54, 1.807) is 0 Å². The quantitative estimate of drug-likeness (QED) is 0.0923. The molecule has 7 aromatic carbocycles. The van der Waals surface area contributed by atoms with Gasteiger partial charge in [-0.05, 0) is 79.8 Å². The summed E-state index contributed by atoms with van der Waals surface area (Å²) in [6.07, 6.45) is 10.0. The van der Waals surface area contributed by atoms with Gasteiger partial charge in [-0.2, -0.15) is 0 Å². The Bertz CT molecular complexity index is 1660. The molecule has 8 rings (SSSR count). The van der Waals surface area contributed by atoms with E-state index in [0.29, 0.717) is 6.54 Å². The summed E-state index contributed by atoms with van der Waals surface area (Å²) in [7, 11) is -0.892. The standard InChI is InChI=1S/2C18H15P.C8H7N.C5H5.BrH.Ru/c2*1-4-10-16(11-5-1)19(17-12-6-2-7-13-17)18-14-8-3-9-15-18;1-9-7-8-5-3-2-4-6-8;1-2-4-5-3-1;;/h2*1-15H;2-6H,7H2;1-5H;1H;/q;;;;;+2/p-1. The third-order valence-electron chi connectivity index (χ3n) is 7.75. The molecular weight excluding hydrogens is 845 g/mol. The van der Waals surface area contributed by atoms with Crippen molar-refractivity contribution < 1.29 is 36.5 Å². The second-order valence-electron chi connectivity index (χ2n) is 11.4. The minimum atomic E-state index is -0.446. The van der Waals surface area contributed by atoms with E-state index in [1.807, 2.05) is 62.4 Å². The maximum Gasteiger partial charge on any atom is 2.00 e. The predicted molar refractivity (Wildman–Crippen MR) is 229 cm³/mol. The topological polar surface area (TPSA) is 4.36 Å². The summed E-state index contributed by atoms with van der Waals surface area (Å²) in [5.74, 6) is 0. The Labute approximate surface area is 349 Å². The van der Waals surface area contributed by atoms with E-state index in [4.69, 9.17) is 6.57 Å². The van der Waals surface area contributed by atoms with Crippen LogP contribution in [-0.2, 0) is 26.0 Å². The van der Waals surface area contributed by atoms with Crippen molar-refractivity contribution in [1.82, 2.24) is 0 Å². The van der Waals surface area contributed by atoms with Gasteiger partial charge in [-0.1, -0.05) is 212 Å². The van der Waals surface area contributed by atoms with E-state index in [-0.39, 0.29) is 36.5 Å². The Kier molecular flexibility index (Phi) is 22.0. The molecule has 1 saturated carbocycles. The fourth-order valence-electron chi connectivity index (χ4n) is 5.35. The molecule has 0 N–H and O–H groups in total. The molecule has 7 aromatic rings. The zero-order valence-electron chi connectivity index (χ0n) is 29.9. The second-order valence-corrected chi connectivity index (χ2v) is 15.9. The molecule has 1 nitrogen and oxygen atoms in total. The van der Waals surface area contributed by atoms with Gasteiger partial charge in [0, 0.05) is 5.56 Å². The molecule has 0 amide bonds. The maximum atomic E-state index is 6.57. The third-order valence-corrected chi connectivity index (χ3v) is 12.6. The molecule has 5 heteroatoms. The Morgan fingerprint density at radius 3 is 0.685 bits per heavy atom. The molecule has 54 heavy (non-hydrogen) atoms. The summed E-state index contributed by atoms with van der Waals surface area (Å²) in [6.45, 7) is 7.07. The second kappa shape index (κ2) is 26.7. The van der Waals surface area contributed by atoms with Crippen LogP contribution in [0.25, 0.3) is 4.85 Å². The zero-order chi connectivity index (χ0) is 35.9. The molecule has 0 aromatic heterocycles. The number of rotatable bonds is 7. The first-order valence-electron chi connectivity index (χ1n) is 17.3. The van der Waals surface area contributed by atoms with Crippen molar-refractivity contribution in [2.75, 3.05) is 0 Å². The molecule has 0 atom stereocenters. The number of hydrogen-bond donors (Lipinski definition) is 0. The number of halogens is 1. The van der Waals surface area contributed by atoms with E-state index in [1.165, 1.54) is 31.8 Å². The molecule has 1 fully saturated rings. The maximum absolute atomic E-state index is 6.57. The molecule has 1 aliphatic rings. The van der Waals surface area contributed by atoms with Crippen LogP contribution in [0.15, 0.2) is 212 Å². The van der Waals surface area contributed by atoms with Crippen molar-refractivity contribution >= 4 is 47.7 Å². The minimum absolute atomic E-state index is 0. The molecule has 5 radical (unpaired) electrons. The first-order valence-corrected chi connectivity index (χ1v) is 20.0. The monoisotopic (exact) mass is 887 g/mol. The van der Waals surface area contributed by atoms with Crippen LogP contribution in [0.4, 0.5) is 0 Å². The largest absolute Gasteiger partial charge is 2.00 e. The molecule has 0 bridgehead atoms. The smallest absolute Gasteiger partial charge is 1.00 e. The Hall–Kier alpha value is -4.01. The molecular formula is C49H42BrNP2Ru+. The van der Waals surface area contributed by atoms with Crippen molar-refractivity contribution in [3.05, 3.63) is 261 Å². The van der Waals surface area contributed by atoms with Crippen molar-refractivity contribution in [3.8, 4) is 0 Å². The van der Waals surface area contributed by atoms with Crippen LogP contribution < -0.4 is 48.8 Å². The summed E-state index contributed by atoms with van der Waals surface area (Å²) in [5, 5.41) is 8.39. The zero-order valence-corrected chi connectivity index (χ0v) is 35.0. The van der Waals surface area contributed by atoms with Crippen LogP contribution in [0.5, 0.6) is 0 Å². The SMILES string of the molecule is [Br-].[C-]#[N+]Cc1ccccc1.[CH]1[CH][CH][CH][CH]1.[Ru+2].c1ccc(P(c2ccccc2)c2ccccc2)cc1.c1ccc(P(c2ccccc2)c2ccccc2)cc1. The Balaban J connectivity index is 0.000000210. The summed E-state index contributed by atoms with van der Waals surface area (Å²) >= 11 is 0. The fraction of sp³-hybridized carbons (Fsp3) is 0.0204. The van der Waals surface area contributed by atoms with E-state index < -0.39 is 15.8 Å².